The van der Waals surface area contributed by atoms with Crippen LogP contribution in [0.4, 0.5) is 0 Å². The van der Waals surface area contributed by atoms with Crippen molar-refractivity contribution in [3.63, 3.8) is 0 Å². The Balaban J connectivity index is 1.59. The minimum absolute atomic E-state index is 0.953. The van der Waals surface area contributed by atoms with Gasteiger partial charge in [0.25, 0.3) is 0 Å². The van der Waals surface area contributed by atoms with E-state index in [4.69, 9.17) is 4.74 Å². The third-order valence-electron chi connectivity index (χ3n) is 4.62. The van der Waals surface area contributed by atoms with Crippen molar-refractivity contribution in [3.8, 4) is 5.75 Å². The SMILES string of the molecule is COc1ccc(CN2C[C@@H]3CCCC[C@H]3C2)cc1. The molecule has 3 rings (SSSR count). The fourth-order valence-corrected chi connectivity index (χ4v) is 3.62. The van der Waals surface area contributed by atoms with Crippen molar-refractivity contribution >= 4 is 0 Å². The molecule has 0 unspecified atom stereocenters. The van der Waals surface area contributed by atoms with Crippen LogP contribution in [0.1, 0.15) is 31.2 Å². The number of benzene rings is 1. The fraction of sp³-hybridized carbons (Fsp3) is 0.625. The predicted octanol–water partition coefficient (Wildman–Crippen LogP) is 3.32. The number of methoxy groups -OCH3 is 1. The van der Waals surface area contributed by atoms with Gasteiger partial charge in [0.2, 0.25) is 0 Å². The number of nitrogens with zero attached hydrogens (tertiary/aromatic N) is 1. The summed E-state index contributed by atoms with van der Waals surface area (Å²) in [5.74, 6) is 2.92. The maximum absolute atomic E-state index is 5.20. The number of hydrogen-bond acceptors (Lipinski definition) is 2. The summed E-state index contributed by atoms with van der Waals surface area (Å²) in [5, 5.41) is 0. The molecule has 98 valence electrons. The van der Waals surface area contributed by atoms with E-state index in [0.717, 1.165) is 24.1 Å². The summed E-state index contributed by atoms with van der Waals surface area (Å²) in [7, 11) is 1.72. The maximum atomic E-state index is 5.20. The van der Waals surface area contributed by atoms with Gasteiger partial charge in [-0.1, -0.05) is 25.0 Å². The molecule has 1 aromatic carbocycles. The molecule has 2 nitrogen and oxygen atoms in total. The molecular formula is C16H23NO. The zero-order valence-corrected chi connectivity index (χ0v) is 11.3. The zero-order valence-electron chi connectivity index (χ0n) is 11.3. The molecule has 1 saturated carbocycles. The van der Waals surface area contributed by atoms with Gasteiger partial charge >= 0.3 is 0 Å². The minimum Gasteiger partial charge on any atom is -0.497 e. The lowest BCUT2D eigenvalue weighted by atomic mass is 9.82. The van der Waals surface area contributed by atoms with Gasteiger partial charge in [-0.2, -0.15) is 0 Å². The van der Waals surface area contributed by atoms with E-state index in [1.54, 1.807) is 7.11 Å². The van der Waals surface area contributed by atoms with E-state index in [2.05, 4.69) is 29.2 Å². The van der Waals surface area contributed by atoms with Gasteiger partial charge in [0, 0.05) is 19.6 Å². The number of rotatable bonds is 3. The van der Waals surface area contributed by atoms with Crippen LogP contribution < -0.4 is 4.74 Å². The van der Waals surface area contributed by atoms with E-state index in [-0.39, 0.29) is 0 Å². The molecule has 0 N–H and O–H groups in total. The van der Waals surface area contributed by atoms with Crippen LogP contribution in [0.3, 0.4) is 0 Å². The average molecular weight is 245 g/mol. The van der Waals surface area contributed by atoms with Crippen molar-refractivity contribution < 1.29 is 4.74 Å². The monoisotopic (exact) mass is 245 g/mol. The van der Waals surface area contributed by atoms with Gasteiger partial charge in [0.15, 0.2) is 0 Å². The molecule has 1 heterocycles. The second-order valence-corrected chi connectivity index (χ2v) is 5.85. The summed E-state index contributed by atoms with van der Waals surface area (Å²) in [6, 6.07) is 8.53. The van der Waals surface area contributed by atoms with Crippen LogP contribution in [-0.2, 0) is 6.54 Å². The lowest BCUT2D eigenvalue weighted by Gasteiger charge is -2.23. The van der Waals surface area contributed by atoms with Crippen molar-refractivity contribution in [2.24, 2.45) is 11.8 Å². The van der Waals surface area contributed by atoms with Crippen molar-refractivity contribution in [2.75, 3.05) is 20.2 Å². The van der Waals surface area contributed by atoms with Crippen LogP contribution in [0.25, 0.3) is 0 Å². The lowest BCUT2D eigenvalue weighted by molar-refractivity contribution is 0.299. The van der Waals surface area contributed by atoms with Crippen LogP contribution in [0.5, 0.6) is 5.75 Å². The number of ether oxygens (including phenoxy) is 1. The van der Waals surface area contributed by atoms with Crippen LogP contribution in [0.15, 0.2) is 24.3 Å². The summed E-state index contributed by atoms with van der Waals surface area (Å²) in [6.45, 7) is 3.74. The molecule has 1 aliphatic heterocycles. The van der Waals surface area contributed by atoms with E-state index in [9.17, 15) is 0 Å². The lowest BCUT2D eigenvalue weighted by Crippen LogP contribution is -2.20. The Hall–Kier alpha value is -1.02. The molecule has 0 radical (unpaired) electrons. The third kappa shape index (κ3) is 2.54. The molecule has 2 heteroatoms. The second kappa shape index (κ2) is 5.31. The van der Waals surface area contributed by atoms with E-state index >= 15 is 0 Å². The maximum Gasteiger partial charge on any atom is 0.118 e. The Morgan fingerprint density at radius 2 is 1.67 bits per heavy atom. The Labute approximate surface area is 110 Å². The van der Waals surface area contributed by atoms with Crippen LogP contribution >= 0.6 is 0 Å². The Bertz CT molecular complexity index is 373. The second-order valence-electron chi connectivity index (χ2n) is 5.85. The molecule has 0 bridgehead atoms. The highest BCUT2D eigenvalue weighted by molar-refractivity contribution is 5.27. The molecule has 1 aromatic rings. The number of fused-ring (bicyclic) bond motifs is 1. The number of likely N-dealkylation sites (tertiary alicyclic amines) is 1. The van der Waals surface area contributed by atoms with Crippen LogP contribution in [0.2, 0.25) is 0 Å². The Morgan fingerprint density at radius 1 is 1.06 bits per heavy atom. The van der Waals surface area contributed by atoms with Gasteiger partial charge in [-0.05, 0) is 42.4 Å². The summed E-state index contributed by atoms with van der Waals surface area (Å²) >= 11 is 0. The molecule has 0 amide bonds. The molecule has 1 aliphatic carbocycles. The first-order chi connectivity index (χ1) is 8.85. The predicted molar refractivity (Wildman–Crippen MR) is 73.7 cm³/mol. The van der Waals surface area contributed by atoms with Crippen molar-refractivity contribution in [2.45, 2.75) is 32.2 Å². The van der Waals surface area contributed by atoms with Gasteiger partial charge < -0.3 is 4.74 Å². The van der Waals surface area contributed by atoms with Crippen LogP contribution in [-0.4, -0.2) is 25.1 Å². The van der Waals surface area contributed by atoms with Gasteiger partial charge in [-0.3, -0.25) is 4.90 Å². The first-order valence-corrected chi connectivity index (χ1v) is 7.20. The fourth-order valence-electron chi connectivity index (χ4n) is 3.62. The summed E-state index contributed by atoms with van der Waals surface area (Å²) in [6.07, 6.45) is 5.84. The normalized spacial score (nSPS) is 28.1. The van der Waals surface area contributed by atoms with E-state index in [1.165, 1.54) is 44.3 Å². The van der Waals surface area contributed by atoms with Gasteiger partial charge in [-0.15, -0.1) is 0 Å². The number of hydrogen-bond donors (Lipinski definition) is 0. The molecule has 2 atom stereocenters. The average Bonchev–Trinajstić information content (AvgIpc) is 2.82. The van der Waals surface area contributed by atoms with Crippen molar-refractivity contribution in [1.29, 1.82) is 0 Å². The van der Waals surface area contributed by atoms with Crippen molar-refractivity contribution in [3.05, 3.63) is 29.8 Å². The molecule has 2 fully saturated rings. The smallest absolute Gasteiger partial charge is 0.118 e. The highest BCUT2D eigenvalue weighted by atomic mass is 16.5. The molecule has 18 heavy (non-hydrogen) atoms. The molecule has 0 aromatic heterocycles. The summed E-state index contributed by atoms with van der Waals surface area (Å²) < 4.78 is 5.20. The van der Waals surface area contributed by atoms with E-state index in [0.29, 0.717) is 0 Å². The molecule has 1 saturated heterocycles. The molecule has 0 spiro atoms. The van der Waals surface area contributed by atoms with Gasteiger partial charge in [0.05, 0.1) is 7.11 Å². The largest absolute Gasteiger partial charge is 0.497 e. The summed E-state index contributed by atoms with van der Waals surface area (Å²) in [4.78, 5) is 2.64. The standard InChI is InChI=1S/C16H23NO/c1-18-16-8-6-13(7-9-16)10-17-11-14-4-2-3-5-15(14)12-17/h6-9,14-15H,2-5,10-12H2,1H3/t14-,15-/m0/s1. The van der Waals surface area contributed by atoms with Crippen LogP contribution in [0, 0.1) is 11.8 Å². The topological polar surface area (TPSA) is 12.5 Å². The quantitative estimate of drug-likeness (QED) is 0.810. The third-order valence-corrected chi connectivity index (χ3v) is 4.62. The zero-order chi connectivity index (χ0) is 12.4. The van der Waals surface area contributed by atoms with E-state index < -0.39 is 0 Å². The first kappa shape index (κ1) is 12.0. The minimum atomic E-state index is 0.953. The highest BCUT2D eigenvalue weighted by Gasteiger charge is 2.33. The van der Waals surface area contributed by atoms with Gasteiger partial charge in [0.1, 0.15) is 5.75 Å². The highest BCUT2D eigenvalue weighted by Crippen LogP contribution is 2.36. The molecular weight excluding hydrogens is 222 g/mol. The Kier molecular flexibility index (Phi) is 3.55. The van der Waals surface area contributed by atoms with E-state index in [1.807, 2.05) is 0 Å². The Morgan fingerprint density at radius 3 is 2.22 bits per heavy atom. The first-order valence-electron chi connectivity index (χ1n) is 7.20. The van der Waals surface area contributed by atoms with Gasteiger partial charge in [-0.25, -0.2) is 0 Å². The van der Waals surface area contributed by atoms with Crippen molar-refractivity contribution in [1.82, 2.24) is 4.90 Å². The summed E-state index contributed by atoms with van der Waals surface area (Å²) in [5.41, 5.74) is 1.41. The molecule has 2 aliphatic rings.